The maximum atomic E-state index is 11.3. The van der Waals surface area contributed by atoms with Crippen LogP contribution in [0.2, 0.25) is 0 Å². The number of carbonyl (C=O) groups is 1. The van der Waals surface area contributed by atoms with Crippen LogP contribution in [0.5, 0.6) is 0 Å². The van der Waals surface area contributed by atoms with Gasteiger partial charge < -0.3 is 15.4 Å². The molecule has 0 atom stereocenters. The van der Waals surface area contributed by atoms with Gasteiger partial charge in [0.05, 0.1) is 5.56 Å². The van der Waals surface area contributed by atoms with E-state index in [4.69, 9.17) is 5.73 Å². The molecule has 0 saturated carbocycles. The lowest BCUT2D eigenvalue weighted by Crippen LogP contribution is -2.12. The Morgan fingerprint density at radius 2 is 2.21 bits per heavy atom. The van der Waals surface area contributed by atoms with Gasteiger partial charge in [0, 0.05) is 30.5 Å². The third kappa shape index (κ3) is 2.59. The molecule has 0 aliphatic rings. The molecule has 1 aromatic carbocycles. The summed E-state index contributed by atoms with van der Waals surface area (Å²) in [6, 6.07) is 5.15. The van der Waals surface area contributed by atoms with Crippen LogP contribution in [0.15, 0.2) is 30.6 Å². The third-order valence-corrected chi connectivity index (χ3v) is 3.00. The number of hydrogen-bond acceptors (Lipinski definition) is 3. The number of carboxylic acids is 1. The van der Waals surface area contributed by atoms with Crippen LogP contribution in [0.3, 0.4) is 0 Å². The lowest BCUT2D eigenvalue weighted by Gasteiger charge is -2.13. The first-order valence-corrected chi connectivity index (χ1v) is 6.12. The average Bonchev–Trinajstić information content (AvgIpc) is 2.76. The molecule has 0 saturated heterocycles. The van der Waals surface area contributed by atoms with Gasteiger partial charge in [0.1, 0.15) is 5.82 Å². The van der Waals surface area contributed by atoms with E-state index < -0.39 is 5.97 Å². The second-order valence-electron chi connectivity index (χ2n) is 4.75. The fourth-order valence-electron chi connectivity index (χ4n) is 2.15. The Bertz CT molecular complexity index is 602. The minimum absolute atomic E-state index is 0.172. The Labute approximate surface area is 111 Å². The molecule has 1 aromatic heterocycles. The molecule has 100 valence electrons. The number of nitrogens with zero attached hydrogens (tertiary/aromatic N) is 2. The summed E-state index contributed by atoms with van der Waals surface area (Å²) in [5, 5.41) is 9.25. The van der Waals surface area contributed by atoms with Crippen LogP contribution >= 0.6 is 0 Å². The first kappa shape index (κ1) is 13.1. The van der Waals surface area contributed by atoms with Crippen LogP contribution in [0, 0.1) is 0 Å². The van der Waals surface area contributed by atoms with Gasteiger partial charge in [0.15, 0.2) is 0 Å². The number of nitrogens with two attached hydrogens (primary N) is 1. The zero-order valence-electron chi connectivity index (χ0n) is 11.0. The van der Waals surface area contributed by atoms with E-state index in [0.29, 0.717) is 12.1 Å². The Balaban J connectivity index is 2.41. The molecule has 0 bridgehead atoms. The van der Waals surface area contributed by atoms with Gasteiger partial charge in [-0.2, -0.15) is 0 Å². The number of nitrogen functional groups attached to an aromatic ring is 1. The van der Waals surface area contributed by atoms with Crippen LogP contribution in [-0.4, -0.2) is 20.6 Å². The summed E-state index contributed by atoms with van der Waals surface area (Å²) in [6.07, 6.45) is 3.58. The number of hydrogen-bond donors (Lipinski definition) is 2. The first-order chi connectivity index (χ1) is 9.00. The molecule has 19 heavy (non-hydrogen) atoms. The van der Waals surface area contributed by atoms with Crippen molar-refractivity contribution in [3.05, 3.63) is 47.5 Å². The van der Waals surface area contributed by atoms with E-state index in [2.05, 4.69) is 18.8 Å². The summed E-state index contributed by atoms with van der Waals surface area (Å²) in [6.45, 7) is 4.56. The third-order valence-electron chi connectivity index (χ3n) is 3.00. The standard InChI is InChI=1S/C14H17N3O2/c1-9(2)13-16-6-7-17(13)8-10-4-3-5-11(15)12(10)14(18)19/h3-7,9H,8,15H2,1-2H3,(H,18,19). The van der Waals surface area contributed by atoms with Crippen molar-refractivity contribution in [3.63, 3.8) is 0 Å². The molecular formula is C14H17N3O2. The van der Waals surface area contributed by atoms with Gasteiger partial charge in [-0.1, -0.05) is 26.0 Å². The Morgan fingerprint density at radius 1 is 1.47 bits per heavy atom. The van der Waals surface area contributed by atoms with Gasteiger partial charge >= 0.3 is 5.97 Å². The Morgan fingerprint density at radius 3 is 2.84 bits per heavy atom. The van der Waals surface area contributed by atoms with Crippen molar-refractivity contribution < 1.29 is 9.90 Å². The van der Waals surface area contributed by atoms with Crippen molar-refractivity contribution in [2.24, 2.45) is 0 Å². The second-order valence-corrected chi connectivity index (χ2v) is 4.75. The van der Waals surface area contributed by atoms with Crippen molar-refractivity contribution in [3.8, 4) is 0 Å². The van der Waals surface area contributed by atoms with E-state index in [1.807, 2.05) is 10.8 Å². The van der Waals surface area contributed by atoms with Crippen LogP contribution < -0.4 is 5.73 Å². The van der Waals surface area contributed by atoms with Crippen molar-refractivity contribution >= 4 is 11.7 Å². The molecule has 0 aliphatic heterocycles. The zero-order valence-corrected chi connectivity index (χ0v) is 11.0. The number of benzene rings is 1. The largest absolute Gasteiger partial charge is 0.478 e. The van der Waals surface area contributed by atoms with E-state index in [1.165, 1.54) is 0 Å². The molecule has 5 nitrogen and oxygen atoms in total. The molecule has 3 N–H and O–H groups in total. The number of rotatable bonds is 4. The highest BCUT2D eigenvalue weighted by atomic mass is 16.4. The lowest BCUT2D eigenvalue weighted by atomic mass is 10.1. The molecule has 0 radical (unpaired) electrons. The molecule has 2 rings (SSSR count). The van der Waals surface area contributed by atoms with Crippen molar-refractivity contribution in [1.29, 1.82) is 0 Å². The maximum absolute atomic E-state index is 11.3. The predicted molar refractivity (Wildman–Crippen MR) is 73.2 cm³/mol. The van der Waals surface area contributed by atoms with Crippen LogP contribution in [0.1, 0.15) is 41.5 Å². The summed E-state index contributed by atoms with van der Waals surface area (Å²) in [7, 11) is 0. The molecule has 0 aliphatic carbocycles. The number of anilines is 1. The van der Waals surface area contributed by atoms with Gasteiger partial charge in [0.25, 0.3) is 0 Å². The minimum atomic E-state index is -1.00. The molecule has 1 heterocycles. The predicted octanol–water partition coefficient (Wildman–Crippen LogP) is 2.34. The van der Waals surface area contributed by atoms with Gasteiger partial charge in [-0.3, -0.25) is 0 Å². The number of carboxylic acid groups (broad SMARTS) is 1. The fourth-order valence-corrected chi connectivity index (χ4v) is 2.15. The van der Waals surface area contributed by atoms with Crippen LogP contribution in [0.25, 0.3) is 0 Å². The Hall–Kier alpha value is -2.30. The summed E-state index contributed by atoms with van der Waals surface area (Å²) in [4.78, 5) is 15.6. The van der Waals surface area contributed by atoms with E-state index >= 15 is 0 Å². The molecule has 0 fully saturated rings. The summed E-state index contributed by atoms with van der Waals surface area (Å²) in [5.41, 5.74) is 6.89. The maximum Gasteiger partial charge on any atom is 0.338 e. The number of aromatic nitrogens is 2. The van der Waals surface area contributed by atoms with Crippen LogP contribution in [-0.2, 0) is 6.54 Å². The minimum Gasteiger partial charge on any atom is -0.478 e. The molecular weight excluding hydrogens is 242 g/mol. The van der Waals surface area contributed by atoms with Crippen LogP contribution in [0.4, 0.5) is 5.69 Å². The van der Waals surface area contributed by atoms with E-state index in [1.54, 1.807) is 24.4 Å². The zero-order chi connectivity index (χ0) is 14.0. The number of imidazole rings is 1. The van der Waals surface area contributed by atoms with Crippen molar-refractivity contribution in [2.45, 2.75) is 26.3 Å². The normalized spacial score (nSPS) is 10.9. The Kier molecular flexibility index (Phi) is 3.55. The monoisotopic (exact) mass is 259 g/mol. The first-order valence-electron chi connectivity index (χ1n) is 6.12. The van der Waals surface area contributed by atoms with Crippen molar-refractivity contribution in [1.82, 2.24) is 9.55 Å². The summed E-state index contributed by atoms with van der Waals surface area (Å²) >= 11 is 0. The molecule has 0 spiro atoms. The van der Waals surface area contributed by atoms with Gasteiger partial charge in [-0.15, -0.1) is 0 Å². The molecule has 5 heteroatoms. The van der Waals surface area contributed by atoms with Crippen molar-refractivity contribution in [2.75, 3.05) is 5.73 Å². The smallest absolute Gasteiger partial charge is 0.338 e. The van der Waals surface area contributed by atoms with E-state index in [0.717, 1.165) is 5.82 Å². The molecule has 0 unspecified atom stereocenters. The quantitative estimate of drug-likeness (QED) is 0.826. The highest BCUT2D eigenvalue weighted by molar-refractivity contribution is 5.95. The lowest BCUT2D eigenvalue weighted by molar-refractivity contribution is 0.0696. The molecule has 2 aromatic rings. The topological polar surface area (TPSA) is 81.1 Å². The average molecular weight is 259 g/mol. The van der Waals surface area contributed by atoms with Gasteiger partial charge in [-0.25, -0.2) is 9.78 Å². The SMILES string of the molecule is CC(C)c1nccn1Cc1cccc(N)c1C(=O)O. The second kappa shape index (κ2) is 5.14. The van der Waals surface area contributed by atoms with E-state index in [9.17, 15) is 9.90 Å². The summed E-state index contributed by atoms with van der Waals surface area (Å²) < 4.78 is 1.95. The highest BCUT2D eigenvalue weighted by Gasteiger charge is 2.15. The summed E-state index contributed by atoms with van der Waals surface area (Å²) in [5.74, 6) is 0.211. The highest BCUT2D eigenvalue weighted by Crippen LogP contribution is 2.20. The molecule has 0 amide bonds. The fraction of sp³-hybridized carbons (Fsp3) is 0.286. The van der Waals surface area contributed by atoms with Gasteiger partial charge in [0.2, 0.25) is 0 Å². The van der Waals surface area contributed by atoms with E-state index in [-0.39, 0.29) is 17.2 Å². The van der Waals surface area contributed by atoms with Gasteiger partial charge in [-0.05, 0) is 11.6 Å². The number of aromatic carboxylic acids is 1.